The third-order valence-corrected chi connectivity index (χ3v) is 3.37. The van der Waals surface area contributed by atoms with Crippen molar-refractivity contribution in [2.75, 3.05) is 0 Å². The average molecular weight is 351 g/mol. The molecule has 0 atom stereocenters. The van der Waals surface area contributed by atoms with E-state index >= 15 is 0 Å². The van der Waals surface area contributed by atoms with E-state index in [1.165, 1.54) is 30.3 Å². The monoisotopic (exact) mass is 350 g/mol. The lowest BCUT2D eigenvalue weighted by Gasteiger charge is -2.08. The lowest BCUT2D eigenvalue weighted by atomic mass is 10.1. The number of halogens is 4. The van der Waals surface area contributed by atoms with Crippen molar-refractivity contribution in [3.05, 3.63) is 56.6 Å². The van der Waals surface area contributed by atoms with Gasteiger partial charge in [0.1, 0.15) is 11.6 Å². The molecule has 0 fully saturated rings. The van der Waals surface area contributed by atoms with Gasteiger partial charge in [-0.3, -0.25) is 0 Å². The third-order valence-electron chi connectivity index (χ3n) is 2.16. The largest absolute Gasteiger partial charge is 0.207 e. The van der Waals surface area contributed by atoms with Gasteiger partial charge in [0.15, 0.2) is 0 Å². The molecule has 0 spiro atoms. The smallest absolute Gasteiger partial charge is 0.132 e. The van der Waals surface area contributed by atoms with Crippen molar-refractivity contribution in [3.63, 3.8) is 0 Å². The molecule has 0 aliphatic rings. The van der Waals surface area contributed by atoms with Crippen molar-refractivity contribution in [2.45, 2.75) is 0 Å². The predicted octanol–water partition coefficient (Wildman–Crippen LogP) is 4.89. The normalized spacial score (nSPS) is 10.5. The van der Waals surface area contributed by atoms with Crippen LogP contribution in [0.3, 0.4) is 0 Å². The SMILES string of the molecule is Fc1ccc(-c2c(F)cccc2Cl)c(I)c1. The van der Waals surface area contributed by atoms with Crippen LogP contribution >= 0.6 is 34.2 Å². The van der Waals surface area contributed by atoms with Crippen molar-refractivity contribution >= 4 is 34.2 Å². The maximum Gasteiger partial charge on any atom is 0.132 e. The van der Waals surface area contributed by atoms with Crippen LogP contribution in [-0.2, 0) is 0 Å². The minimum Gasteiger partial charge on any atom is -0.207 e. The molecule has 2 aromatic carbocycles. The Labute approximate surface area is 110 Å². The molecule has 0 unspecified atom stereocenters. The van der Waals surface area contributed by atoms with E-state index in [-0.39, 0.29) is 5.82 Å². The van der Waals surface area contributed by atoms with Crippen LogP contribution in [-0.4, -0.2) is 0 Å². The molecule has 0 bridgehead atoms. The predicted molar refractivity (Wildman–Crippen MR) is 69.5 cm³/mol. The van der Waals surface area contributed by atoms with Crippen LogP contribution in [0.25, 0.3) is 11.1 Å². The molecule has 0 heterocycles. The van der Waals surface area contributed by atoms with Crippen LogP contribution in [0.1, 0.15) is 0 Å². The van der Waals surface area contributed by atoms with Gasteiger partial charge in [0, 0.05) is 9.13 Å². The maximum absolute atomic E-state index is 13.6. The van der Waals surface area contributed by atoms with Gasteiger partial charge < -0.3 is 0 Å². The summed E-state index contributed by atoms with van der Waals surface area (Å²) >= 11 is 7.90. The first-order chi connectivity index (χ1) is 7.59. The van der Waals surface area contributed by atoms with Crippen LogP contribution in [0.4, 0.5) is 8.78 Å². The number of hydrogen-bond acceptors (Lipinski definition) is 0. The van der Waals surface area contributed by atoms with Crippen LogP contribution in [0.2, 0.25) is 5.02 Å². The Morgan fingerprint density at radius 1 is 1.06 bits per heavy atom. The summed E-state index contributed by atoms with van der Waals surface area (Å²) in [6, 6.07) is 8.65. The summed E-state index contributed by atoms with van der Waals surface area (Å²) in [5.41, 5.74) is 0.915. The fraction of sp³-hybridized carbons (Fsp3) is 0. The molecule has 0 aliphatic carbocycles. The van der Waals surface area contributed by atoms with Gasteiger partial charge in [0.05, 0.1) is 5.02 Å². The maximum atomic E-state index is 13.6. The van der Waals surface area contributed by atoms with E-state index in [0.717, 1.165) is 0 Å². The Bertz CT molecular complexity index is 520. The van der Waals surface area contributed by atoms with Gasteiger partial charge in [-0.25, -0.2) is 8.78 Å². The molecule has 2 rings (SSSR count). The van der Waals surface area contributed by atoms with E-state index in [9.17, 15) is 8.78 Å². The van der Waals surface area contributed by atoms with Gasteiger partial charge in [0.25, 0.3) is 0 Å². The van der Waals surface area contributed by atoms with Crippen molar-refractivity contribution in [1.82, 2.24) is 0 Å². The lowest BCUT2D eigenvalue weighted by molar-refractivity contribution is 0.624. The summed E-state index contributed by atoms with van der Waals surface area (Å²) in [4.78, 5) is 0. The first-order valence-corrected chi connectivity index (χ1v) is 5.94. The highest BCUT2D eigenvalue weighted by atomic mass is 127. The fourth-order valence-electron chi connectivity index (χ4n) is 1.45. The summed E-state index contributed by atoms with van der Waals surface area (Å²) in [7, 11) is 0. The van der Waals surface area contributed by atoms with E-state index in [4.69, 9.17) is 11.6 Å². The molecule has 0 aromatic heterocycles. The quantitative estimate of drug-likeness (QED) is 0.642. The molecule has 2 aromatic rings. The molecule has 0 amide bonds. The van der Waals surface area contributed by atoms with E-state index in [2.05, 4.69) is 0 Å². The molecule has 0 nitrogen and oxygen atoms in total. The zero-order valence-electron chi connectivity index (χ0n) is 7.98. The van der Waals surface area contributed by atoms with Crippen LogP contribution in [0, 0.1) is 15.2 Å². The number of benzene rings is 2. The number of hydrogen-bond donors (Lipinski definition) is 0. The Morgan fingerprint density at radius 3 is 2.44 bits per heavy atom. The molecule has 0 aliphatic heterocycles. The van der Waals surface area contributed by atoms with E-state index in [1.807, 2.05) is 22.6 Å². The molecule has 16 heavy (non-hydrogen) atoms. The molecule has 0 radical (unpaired) electrons. The molecule has 82 valence electrons. The van der Waals surface area contributed by atoms with Gasteiger partial charge in [0.2, 0.25) is 0 Å². The highest BCUT2D eigenvalue weighted by Gasteiger charge is 2.12. The minimum atomic E-state index is -0.406. The van der Waals surface area contributed by atoms with E-state index in [1.54, 1.807) is 6.07 Å². The first kappa shape index (κ1) is 11.8. The highest BCUT2D eigenvalue weighted by molar-refractivity contribution is 14.1. The van der Waals surface area contributed by atoms with E-state index < -0.39 is 5.82 Å². The molecule has 4 heteroatoms. The highest BCUT2D eigenvalue weighted by Crippen LogP contribution is 2.33. The Balaban J connectivity index is 2.68. The summed E-state index contributed by atoms with van der Waals surface area (Å²) in [5, 5.41) is 0.324. The summed E-state index contributed by atoms with van der Waals surface area (Å²) in [6.45, 7) is 0. The second-order valence-electron chi connectivity index (χ2n) is 3.22. The van der Waals surface area contributed by atoms with Crippen molar-refractivity contribution in [1.29, 1.82) is 0 Å². The van der Waals surface area contributed by atoms with Crippen molar-refractivity contribution < 1.29 is 8.78 Å². The molecular formula is C12H6ClF2I. The minimum absolute atomic E-state index is 0.313. The van der Waals surface area contributed by atoms with E-state index in [0.29, 0.717) is 19.7 Å². The lowest BCUT2D eigenvalue weighted by Crippen LogP contribution is -1.89. The van der Waals surface area contributed by atoms with Crippen LogP contribution < -0.4 is 0 Å². The summed E-state index contributed by atoms with van der Waals surface area (Å²) in [6.07, 6.45) is 0. The van der Waals surface area contributed by atoms with Gasteiger partial charge in [-0.05, 0) is 52.4 Å². The Morgan fingerprint density at radius 2 is 1.81 bits per heavy atom. The second-order valence-corrected chi connectivity index (χ2v) is 4.79. The second kappa shape index (κ2) is 4.67. The summed E-state index contributed by atoms with van der Waals surface area (Å²) < 4.78 is 27.2. The standard InChI is InChI=1S/C12H6ClF2I/c13-9-2-1-3-10(15)12(9)8-5-4-7(14)6-11(8)16/h1-6H. The Kier molecular flexibility index (Phi) is 3.44. The van der Waals surface area contributed by atoms with Gasteiger partial charge >= 0.3 is 0 Å². The molecule has 0 saturated heterocycles. The number of rotatable bonds is 1. The molecule has 0 N–H and O–H groups in total. The fourth-order valence-corrected chi connectivity index (χ4v) is 2.46. The Hall–Kier alpha value is -0.680. The first-order valence-electron chi connectivity index (χ1n) is 4.49. The van der Waals surface area contributed by atoms with Crippen molar-refractivity contribution in [2.24, 2.45) is 0 Å². The average Bonchev–Trinajstić information content (AvgIpc) is 2.20. The van der Waals surface area contributed by atoms with Gasteiger partial charge in [-0.15, -0.1) is 0 Å². The topological polar surface area (TPSA) is 0 Å². The third kappa shape index (κ3) is 2.20. The molecular weight excluding hydrogens is 344 g/mol. The zero-order chi connectivity index (χ0) is 11.7. The summed E-state index contributed by atoms with van der Waals surface area (Å²) in [5.74, 6) is -0.752. The zero-order valence-corrected chi connectivity index (χ0v) is 10.9. The van der Waals surface area contributed by atoms with Gasteiger partial charge in [-0.2, -0.15) is 0 Å². The molecule has 0 saturated carbocycles. The van der Waals surface area contributed by atoms with Crippen LogP contribution in [0.15, 0.2) is 36.4 Å². The van der Waals surface area contributed by atoms with Crippen LogP contribution in [0.5, 0.6) is 0 Å². The van der Waals surface area contributed by atoms with Crippen molar-refractivity contribution in [3.8, 4) is 11.1 Å². The van der Waals surface area contributed by atoms with Gasteiger partial charge in [-0.1, -0.05) is 23.7 Å².